The van der Waals surface area contributed by atoms with Crippen molar-refractivity contribution < 1.29 is 9.59 Å². The summed E-state index contributed by atoms with van der Waals surface area (Å²) in [6.45, 7) is 5.04. The van der Waals surface area contributed by atoms with Crippen molar-refractivity contribution in [3.05, 3.63) is 23.8 Å². The van der Waals surface area contributed by atoms with Crippen LogP contribution in [0, 0.1) is 12.3 Å². The van der Waals surface area contributed by atoms with Gasteiger partial charge in [-0.15, -0.1) is 23.2 Å². The standard InChI is InChI=1S/C14H16Cl2N2O2/c1-8-4-5-10(6-11(8)17-9(2)19)18-12(20)13(3)7-14(13,15)16/h4-6H,7H2,1-3H3,(H,17,19)(H,18,20). The van der Waals surface area contributed by atoms with Crippen LogP contribution in [0.25, 0.3) is 0 Å². The molecule has 1 fully saturated rings. The highest BCUT2D eigenvalue weighted by atomic mass is 35.5. The number of aryl methyl sites for hydroxylation is 1. The molecule has 2 N–H and O–H groups in total. The molecule has 0 radical (unpaired) electrons. The van der Waals surface area contributed by atoms with Crippen molar-refractivity contribution in [3.63, 3.8) is 0 Å². The van der Waals surface area contributed by atoms with E-state index in [0.29, 0.717) is 17.8 Å². The summed E-state index contributed by atoms with van der Waals surface area (Å²) >= 11 is 12.0. The number of hydrogen-bond acceptors (Lipinski definition) is 2. The summed E-state index contributed by atoms with van der Waals surface area (Å²) in [5.41, 5.74) is 1.41. The first-order chi connectivity index (χ1) is 9.15. The summed E-state index contributed by atoms with van der Waals surface area (Å²) in [6, 6.07) is 5.31. The maximum atomic E-state index is 12.2. The number of rotatable bonds is 3. The Labute approximate surface area is 127 Å². The van der Waals surface area contributed by atoms with Gasteiger partial charge in [0.25, 0.3) is 0 Å². The molecule has 2 amide bonds. The Morgan fingerprint density at radius 3 is 2.35 bits per heavy atom. The molecule has 4 nitrogen and oxygen atoms in total. The van der Waals surface area contributed by atoms with Gasteiger partial charge in [0.05, 0.1) is 5.41 Å². The molecule has 0 spiro atoms. The first kappa shape index (κ1) is 15.1. The Kier molecular flexibility index (Phi) is 3.73. The van der Waals surface area contributed by atoms with E-state index < -0.39 is 9.75 Å². The van der Waals surface area contributed by atoms with E-state index in [1.54, 1.807) is 19.1 Å². The van der Waals surface area contributed by atoms with Gasteiger partial charge in [0.2, 0.25) is 11.8 Å². The highest BCUT2D eigenvalue weighted by molar-refractivity contribution is 6.53. The van der Waals surface area contributed by atoms with Gasteiger partial charge in [-0.1, -0.05) is 6.07 Å². The second kappa shape index (κ2) is 4.93. The van der Waals surface area contributed by atoms with Crippen LogP contribution in [-0.4, -0.2) is 16.1 Å². The number of anilines is 2. The number of halogens is 2. The lowest BCUT2D eigenvalue weighted by atomic mass is 10.1. The first-order valence-corrected chi connectivity index (χ1v) is 6.99. The molecule has 1 saturated carbocycles. The van der Waals surface area contributed by atoms with Crippen LogP contribution in [-0.2, 0) is 9.59 Å². The molecule has 6 heteroatoms. The van der Waals surface area contributed by atoms with Gasteiger partial charge in [0.1, 0.15) is 4.33 Å². The first-order valence-electron chi connectivity index (χ1n) is 6.23. The third-order valence-electron chi connectivity index (χ3n) is 3.57. The quantitative estimate of drug-likeness (QED) is 0.839. The van der Waals surface area contributed by atoms with Crippen molar-refractivity contribution in [2.45, 2.75) is 31.5 Å². The molecule has 108 valence electrons. The van der Waals surface area contributed by atoms with Crippen LogP contribution in [0.1, 0.15) is 25.8 Å². The normalized spacial score (nSPS) is 23.1. The summed E-state index contributed by atoms with van der Waals surface area (Å²) < 4.78 is -0.998. The summed E-state index contributed by atoms with van der Waals surface area (Å²) in [4.78, 5) is 23.3. The molecule has 0 bridgehead atoms. The fraction of sp³-hybridized carbons (Fsp3) is 0.429. The summed E-state index contributed by atoms with van der Waals surface area (Å²) in [7, 11) is 0. The Balaban J connectivity index is 2.15. The molecular formula is C14H16Cl2N2O2. The molecule has 1 atom stereocenters. The molecule has 1 aromatic rings. The number of nitrogens with one attached hydrogen (secondary N) is 2. The zero-order valence-electron chi connectivity index (χ0n) is 11.5. The predicted octanol–water partition coefficient (Wildman–Crippen LogP) is 3.48. The molecule has 0 aromatic heterocycles. The lowest BCUT2D eigenvalue weighted by Crippen LogP contribution is -2.26. The maximum Gasteiger partial charge on any atom is 0.233 e. The average Bonchev–Trinajstić information content (AvgIpc) is 2.83. The van der Waals surface area contributed by atoms with Gasteiger partial charge >= 0.3 is 0 Å². The SMILES string of the molecule is CC(=O)Nc1cc(NC(=O)C2(C)CC2(Cl)Cl)ccc1C. The minimum atomic E-state index is -0.998. The maximum absolute atomic E-state index is 12.2. The largest absolute Gasteiger partial charge is 0.326 e. The molecule has 0 saturated heterocycles. The highest BCUT2D eigenvalue weighted by Crippen LogP contribution is 2.64. The Bertz CT molecular complexity index is 587. The zero-order chi connectivity index (χ0) is 15.1. The van der Waals surface area contributed by atoms with E-state index in [2.05, 4.69) is 10.6 Å². The third kappa shape index (κ3) is 2.76. The van der Waals surface area contributed by atoms with Crippen molar-refractivity contribution in [1.82, 2.24) is 0 Å². The van der Waals surface area contributed by atoms with Crippen LogP contribution in [0.5, 0.6) is 0 Å². The average molecular weight is 315 g/mol. The van der Waals surface area contributed by atoms with E-state index in [4.69, 9.17) is 23.2 Å². The van der Waals surface area contributed by atoms with Gasteiger partial charge in [0.15, 0.2) is 0 Å². The van der Waals surface area contributed by atoms with E-state index in [9.17, 15) is 9.59 Å². The van der Waals surface area contributed by atoms with Crippen molar-refractivity contribution in [3.8, 4) is 0 Å². The molecule has 1 aliphatic carbocycles. The van der Waals surface area contributed by atoms with Crippen molar-refractivity contribution in [2.24, 2.45) is 5.41 Å². The zero-order valence-corrected chi connectivity index (χ0v) is 13.0. The predicted molar refractivity (Wildman–Crippen MR) is 81.3 cm³/mol. The highest BCUT2D eigenvalue weighted by Gasteiger charge is 2.67. The van der Waals surface area contributed by atoms with Crippen LogP contribution in [0.3, 0.4) is 0 Å². The van der Waals surface area contributed by atoms with E-state index in [1.807, 2.05) is 13.0 Å². The minimum Gasteiger partial charge on any atom is -0.326 e. The van der Waals surface area contributed by atoms with Gasteiger partial charge in [0, 0.05) is 18.3 Å². The van der Waals surface area contributed by atoms with Crippen LogP contribution in [0.4, 0.5) is 11.4 Å². The van der Waals surface area contributed by atoms with Gasteiger partial charge in [-0.2, -0.15) is 0 Å². The smallest absolute Gasteiger partial charge is 0.233 e. The van der Waals surface area contributed by atoms with Gasteiger partial charge in [-0.25, -0.2) is 0 Å². The number of alkyl halides is 2. The van der Waals surface area contributed by atoms with Gasteiger partial charge < -0.3 is 10.6 Å². The summed E-state index contributed by atoms with van der Waals surface area (Å²) in [5, 5.41) is 5.50. The number of carbonyl (C=O) groups is 2. The lowest BCUT2D eigenvalue weighted by Gasteiger charge is -2.14. The molecule has 0 aliphatic heterocycles. The Morgan fingerprint density at radius 2 is 1.85 bits per heavy atom. The molecule has 1 aromatic carbocycles. The van der Waals surface area contributed by atoms with E-state index >= 15 is 0 Å². The summed E-state index contributed by atoms with van der Waals surface area (Å²) in [6.07, 6.45) is 0.430. The molecule has 0 heterocycles. The van der Waals surface area contributed by atoms with Gasteiger partial charge in [-0.05, 0) is 38.0 Å². The lowest BCUT2D eigenvalue weighted by molar-refractivity contribution is -0.120. The third-order valence-corrected chi connectivity index (χ3v) is 4.67. The second-order valence-electron chi connectivity index (χ2n) is 5.38. The van der Waals surface area contributed by atoms with Crippen molar-refractivity contribution >= 4 is 46.4 Å². The number of hydrogen-bond donors (Lipinski definition) is 2. The Morgan fingerprint density at radius 1 is 1.25 bits per heavy atom. The van der Waals surface area contributed by atoms with Crippen LogP contribution in [0.2, 0.25) is 0 Å². The van der Waals surface area contributed by atoms with Crippen LogP contribution in [0.15, 0.2) is 18.2 Å². The fourth-order valence-electron chi connectivity index (χ4n) is 1.94. The molecule has 1 aliphatic rings. The van der Waals surface area contributed by atoms with Crippen molar-refractivity contribution in [2.75, 3.05) is 10.6 Å². The molecular weight excluding hydrogens is 299 g/mol. The molecule has 1 unspecified atom stereocenters. The fourth-order valence-corrected chi connectivity index (χ4v) is 2.65. The monoisotopic (exact) mass is 314 g/mol. The van der Waals surface area contributed by atoms with Crippen LogP contribution >= 0.6 is 23.2 Å². The van der Waals surface area contributed by atoms with E-state index in [1.165, 1.54) is 6.92 Å². The summed E-state index contributed by atoms with van der Waals surface area (Å²) in [5.74, 6) is -0.383. The van der Waals surface area contributed by atoms with E-state index in [0.717, 1.165) is 5.56 Å². The minimum absolute atomic E-state index is 0.161. The van der Waals surface area contributed by atoms with Crippen molar-refractivity contribution in [1.29, 1.82) is 0 Å². The number of benzene rings is 1. The van der Waals surface area contributed by atoms with Crippen LogP contribution < -0.4 is 10.6 Å². The van der Waals surface area contributed by atoms with E-state index in [-0.39, 0.29) is 11.8 Å². The second-order valence-corrected chi connectivity index (χ2v) is 6.86. The molecule has 20 heavy (non-hydrogen) atoms. The van der Waals surface area contributed by atoms with Gasteiger partial charge in [-0.3, -0.25) is 9.59 Å². The number of amides is 2. The topological polar surface area (TPSA) is 58.2 Å². The Hall–Kier alpha value is -1.26. The number of carbonyl (C=O) groups excluding carboxylic acids is 2. The molecule has 2 rings (SSSR count).